The highest BCUT2D eigenvalue weighted by Gasteiger charge is 2.29. The first-order chi connectivity index (χ1) is 9.28. The van der Waals surface area contributed by atoms with E-state index in [1.54, 1.807) is 0 Å². The summed E-state index contributed by atoms with van der Waals surface area (Å²) in [6.07, 6.45) is 5.23. The average molecular weight is 269 g/mol. The fraction of sp³-hybridized carbons (Fsp3) is 1.00. The van der Waals surface area contributed by atoms with Crippen LogP contribution in [0.2, 0.25) is 0 Å². The molecule has 0 bridgehead atoms. The predicted octanol–water partition coefficient (Wildman–Crippen LogP) is 1.31. The number of aliphatic hydroxyl groups is 1. The molecule has 5 nitrogen and oxygen atoms in total. The largest absolute Gasteiger partial charge is 0.393 e. The third-order valence-corrected chi connectivity index (χ3v) is 4.42. The minimum absolute atomic E-state index is 0.0212. The lowest BCUT2D eigenvalue weighted by molar-refractivity contribution is 0.0148. The molecule has 5 heteroatoms. The molecule has 1 heterocycles. The van der Waals surface area contributed by atoms with E-state index in [1.807, 2.05) is 0 Å². The predicted molar refractivity (Wildman–Crippen MR) is 76.1 cm³/mol. The third kappa shape index (κ3) is 5.16. The first kappa shape index (κ1) is 14.9. The van der Waals surface area contributed by atoms with Gasteiger partial charge in [-0.3, -0.25) is 0 Å². The van der Waals surface area contributed by atoms with E-state index < -0.39 is 0 Å². The summed E-state index contributed by atoms with van der Waals surface area (Å²) in [5, 5.41) is 12.2. The quantitative estimate of drug-likeness (QED) is 0.533. The molecular weight excluding hydrogens is 242 g/mol. The van der Waals surface area contributed by atoms with E-state index >= 15 is 0 Å². The molecule has 0 amide bonds. The van der Waals surface area contributed by atoms with Crippen molar-refractivity contribution < 1.29 is 5.11 Å². The van der Waals surface area contributed by atoms with Gasteiger partial charge in [-0.2, -0.15) is 4.91 Å². The van der Waals surface area contributed by atoms with E-state index in [2.05, 4.69) is 15.0 Å². The van der Waals surface area contributed by atoms with Crippen LogP contribution < -0.4 is 0 Å². The molecule has 110 valence electrons. The molecule has 1 aliphatic carbocycles. The van der Waals surface area contributed by atoms with Gasteiger partial charge in [0.05, 0.1) is 12.6 Å². The number of hydrogen-bond acceptors (Lipinski definition) is 5. The summed E-state index contributed by atoms with van der Waals surface area (Å²) in [5.41, 5.74) is 0. The van der Waals surface area contributed by atoms with E-state index in [0.29, 0.717) is 6.54 Å². The van der Waals surface area contributed by atoms with Gasteiger partial charge >= 0.3 is 0 Å². The monoisotopic (exact) mass is 269 g/mol. The van der Waals surface area contributed by atoms with Gasteiger partial charge in [-0.1, -0.05) is 11.6 Å². The molecule has 2 rings (SSSR count). The molecule has 0 unspecified atom stereocenters. The smallest absolute Gasteiger partial charge is 0.0811 e. The minimum Gasteiger partial charge on any atom is -0.393 e. The standard InChI is InChI=1S/C14H27N3O2/c18-14-10-13(11-14)12-17-8-6-16(7-9-17)5-3-1-2-4-15-19/h13-14,18H,1-12H2. The fourth-order valence-electron chi connectivity index (χ4n) is 3.10. The van der Waals surface area contributed by atoms with Crippen LogP contribution in [0, 0.1) is 10.8 Å². The van der Waals surface area contributed by atoms with Gasteiger partial charge in [0.15, 0.2) is 0 Å². The molecule has 0 aromatic heterocycles. The number of nitroso groups, excluding NO2 is 1. The lowest BCUT2D eigenvalue weighted by Gasteiger charge is -2.40. The lowest BCUT2D eigenvalue weighted by atomic mass is 9.82. The Balaban J connectivity index is 1.49. The van der Waals surface area contributed by atoms with Gasteiger partial charge in [0.2, 0.25) is 0 Å². The fourth-order valence-corrected chi connectivity index (χ4v) is 3.10. The molecule has 2 aliphatic rings. The van der Waals surface area contributed by atoms with Crippen LogP contribution >= 0.6 is 0 Å². The Bertz CT molecular complexity index is 261. The molecule has 1 saturated heterocycles. The first-order valence-electron chi connectivity index (χ1n) is 7.70. The number of aliphatic hydroxyl groups excluding tert-OH is 1. The molecule has 19 heavy (non-hydrogen) atoms. The highest BCUT2D eigenvalue weighted by atomic mass is 16.3. The van der Waals surface area contributed by atoms with Gasteiger partial charge in [-0.25, -0.2) is 0 Å². The normalized spacial score (nSPS) is 29.1. The minimum atomic E-state index is -0.0212. The second-order valence-electron chi connectivity index (χ2n) is 6.05. The van der Waals surface area contributed by atoms with Gasteiger partial charge in [-0.05, 0) is 38.1 Å². The maximum atomic E-state index is 9.96. The highest BCUT2D eigenvalue weighted by molar-refractivity contribution is 4.83. The van der Waals surface area contributed by atoms with E-state index in [4.69, 9.17) is 0 Å². The maximum absolute atomic E-state index is 9.96. The molecular formula is C14H27N3O2. The van der Waals surface area contributed by atoms with Crippen molar-refractivity contribution in [2.45, 2.75) is 38.2 Å². The SMILES string of the molecule is O=NCCCCCN1CCN(CC2CC(O)C2)CC1. The number of unbranched alkanes of at least 4 members (excludes halogenated alkanes) is 2. The van der Waals surface area contributed by atoms with E-state index in [9.17, 15) is 10.0 Å². The van der Waals surface area contributed by atoms with E-state index in [0.717, 1.165) is 38.1 Å². The molecule has 0 aromatic carbocycles. The Morgan fingerprint density at radius 3 is 2.32 bits per heavy atom. The molecule has 1 aliphatic heterocycles. The summed E-state index contributed by atoms with van der Waals surface area (Å²) in [4.78, 5) is 15.0. The van der Waals surface area contributed by atoms with Gasteiger partial charge in [-0.15, -0.1) is 0 Å². The molecule has 1 N–H and O–H groups in total. The van der Waals surface area contributed by atoms with Crippen LogP contribution in [0.25, 0.3) is 0 Å². The van der Waals surface area contributed by atoms with Gasteiger partial charge in [0.25, 0.3) is 0 Å². The summed E-state index contributed by atoms with van der Waals surface area (Å²) in [5.74, 6) is 0.734. The van der Waals surface area contributed by atoms with Crippen LogP contribution in [0.3, 0.4) is 0 Å². The average Bonchev–Trinajstić information content (AvgIpc) is 2.39. The van der Waals surface area contributed by atoms with E-state index in [1.165, 1.54) is 39.1 Å². The molecule has 2 fully saturated rings. The Kier molecular flexibility index (Phi) is 6.20. The van der Waals surface area contributed by atoms with Crippen molar-refractivity contribution in [3.63, 3.8) is 0 Å². The van der Waals surface area contributed by atoms with E-state index in [-0.39, 0.29) is 6.10 Å². The van der Waals surface area contributed by atoms with Crippen LogP contribution in [0.1, 0.15) is 32.1 Å². The lowest BCUT2D eigenvalue weighted by Crippen LogP contribution is -2.49. The zero-order valence-electron chi connectivity index (χ0n) is 11.8. The Morgan fingerprint density at radius 1 is 1.00 bits per heavy atom. The van der Waals surface area contributed by atoms with Crippen molar-refractivity contribution in [1.29, 1.82) is 0 Å². The summed E-state index contributed by atoms with van der Waals surface area (Å²) in [6.45, 7) is 7.49. The Labute approximate surface area is 115 Å². The van der Waals surface area contributed by atoms with Gasteiger partial charge in [0, 0.05) is 32.7 Å². The second-order valence-corrected chi connectivity index (χ2v) is 6.05. The second kappa shape index (κ2) is 7.92. The molecule has 0 radical (unpaired) electrons. The van der Waals surface area contributed by atoms with Gasteiger partial charge < -0.3 is 14.9 Å². The van der Waals surface area contributed by atoms with Crippen molar-refractivity contribution in [3.8, 4) is 0 Å². The highest BCUT2D eigenvalue weighted by Crippen LogP contribution is 2.28. The molecule has 0 aromatic rings. The summed E-state index contributed by atoms with van der Waals surface area (Å²) in [7, 11) is 0. The maximum Gasteiger partial charge on any atom is 0.0811 e. The van der Waals surface area contributed by atoms with Crippen molar-refractivity contribution in [3.05, 3.63) is 4.91 Å². The summed E-state index contributed by atoms with van der Waals surface area (Å²) >= 11 is 0. The zero-order chi connectivity index (χ0) is 13.5. The third-order valence-electron chi connectivity index (χ3n) is 4.42. The van der Waals surface area contributed by atoms with Crippen molar-refractivity contribution in [1.82, 2.24) is 9.80 Å². The Morgan fingerprint density at radius 2 is 1.68 bits per heavy atom. The number of nitrogens with zero attached hydrogens (tertiary/aromatic N) is 3. The summed E-state index contributed by atoms with van der Waals surface area (Å²) in [6, 6.07) is 0. The molecule has 1 saturated carbocycles. The molecule has 0 atom stereocenters. The van der Waals surface area contributed by atoms with Crippen LogP contribution in [0.15, 0.2) is 5.18 Å². The van der Waals surface area contributed by atoms with Gasteiger partial charge in [0.1, 0.15) is 0 Å². The van der Waals surface area contributed by atoms with Crippen molar-refractivity contribution >= 4 is 0 Å². The van der Waals surface area contributed by atoms with Crippen LogP contribution in [-0.4, -0.2) is 66.8 Å². The van der Waals surface area contributed by atoms with Crippen molar-refractivity contribution in [2.24, 2.45) is 11.1 Å². The zero-order valence-corrected chi connectivity index (χ0v) is 11.8. The topological polar surface area (TPSA) is 56.1 Å². The van der Waals surface area contributed by atoms with Crippen LogP contribution in [-0.2, 0) is 0 Å². The Hall–Kier alpha value is -0.520. The van der Waals surface area contributed by atoms with Crippen LogP contribution in [0.4, 0.5) is 0 Å². The number of rotatable bonds is 8. The van der Waals surface area contributed by atoms with Crippen LogP contribution in [0.5, 0.6) is 0 Å². The van der Waals surface area contributed by atoms with Crippen molar-refractivity contribution in [2.75, 3.05) is 45.8 Å². The number of piperazine rings is 1. The number of hydrogen-bond donors (Lipinski definition) is 1. The summed E-state index contributed by atoms with van der Waals surface area (Å²) < 4.78 is 0. The first-order valence-corrected chi connectivity index (χ1v) is 7.70. The molecule has 0 spiro atoms.